The molecule has 0 aliphatic carbocycles. The summed E-state index contributed by atoms with van der Waals surface area (Å²) < 4.78 is 16.6. The van der Waals surface area contributed by atoms with Crippen LogP contribution in [0.5, 0.6) is 11.5 Å². The standard InChI is InChI=1S/C25H26N2O5/c1-30-18-7-3-16(4-8-18)12-14-26-23(28)21-20-11-13-25(32-20)15-27(24(29)22(21)25)17-5-9-19(31-2)10-6-17/h3-11,13,20-22H,12,14-15H2,1-2H3,(H,26,28)/t20?,21?,22?,25-/m0/s1. The fourth-order valence-corrected chi connectivity index (χ4v) is 5.02. The predicted octanol–water partition coefficient (Wildman–Crippen LogP) is 2.35. The first-order valence-corrected chi connectivity index (χ1v) is 10.8. The molecule has 7 heteroatoms. The van der Waals surface area contributed by atoms with Crippen molar-refractivity contribution in [2.45, 2.75) is 18.1 Å². The van der Waals surface area contributed by atoms with E-state index in [2.05, 4.69) is 5.32 Å². The second-order valence-corrected chi connectivity index (χ2v) is 8.41. The molecule has 3 unspecified atom stereocenters. The Morgan fingerprint density at radius 2 is 1.75 bits per heavy atom. The number of ether oxygens (including phenoxy) is 3. The minimum Gasteiger partial charge on any atom is -0.497 e. The Morgan fingerprint density at radius 3 is 2.41 bits per heavy atom. The van der Waals surface area contributed by atoms with E-state index in [4.69, 9.17) is 14.2 Å². The van der Waals surface area contributed by atoms with Crippen molar-refractivity contribution in [1.29, 1.82) is 0 Å². The van der Waals surface area contributed by atoms with Crippen molar-refractivity contribution in [1.82, 2.24) is 5.32 Å². The minimum absolute atomic E-state index is 0.0719. The van der Waals surface area contributed by atoms with Gasteiger partial charge < -0.3 is 24.4 Å². The highest BCUT2D eigenvalue weighted by molar-refractivity contribution is 6.03. The Bertz CT molecular complexity index is 1050. The summed E-state index contributed by atoms with van der Waals surface area (Å²) in [5, 5.41) is 3.01. The lowest BCUT2D eigenvalue weighted by atomic mass is 9.77. The van der Waals surface area contributed by atoms with Crippen molar-refractivity contribution >= 4 is 17.5 Å². The van der Waals surface area contributed by atoms with E-state index in [0.29, 0.717) is 19.5 Å². The van der Waals surface area contributed by atoms with Crippen LogP contribution < -0.4 is 19.7 Å². The third-order valence-electron chi connectivity index (χ3n) is 6.66. The van der Waals surface area contributed by atoms with Gasteiger partial charge in [-0.2, -0.15) is 0 Å². The lowest BCUT2D eigenvalue weighted by molar-refractivity contribution is -0.131. The smallest absolute Gasteiger partial charge is 0.234 e. The van der Waals surface area contributed by atoms with E-state index in [1.807, 2.05) is 60.7 Å². The van der Waals surface area contributed by atoms with Gasteiger partial charge in [-0.05, 0) is 48.4 Å². The number of nitrogens with zero attached hydrogens (tertiary/aromatic N) is 1. The van der Waals surface area contributed by atoms with Crippen LogP contribution in [0.3, 0.4) is 0 Å². The maximum Gasteiger partial charge on any atom is 0.234 e. The van der Waals surface area contributed by atoms with Gasteiger partial charge in [-0.3, -0.25) is 9.59 Å². The molecule has 0 aromatic heterocycles. The molecule has 1 spiro atoms. The Morgan fingerprint density at radius 1 is 1.09 bits per heavy atom. The largest absolute Gasteiger partial charge is 0.497 e. The van der Waals surface area contributed by atoms with Crippen molar-refractivity contribution in [2.24, 2.45) is 11.8 Å². The molecule has 0 saturated carbocycles. The molecule has 4 atom stereocenters. The van der Waals surface area contributed by atoms with Crippen LogP contribution in [0.25, 0.3) is 0 Å². The van der Waals surface area contributed by atoms with E-state index in [-0.39, 0.29) is 17.9 Å². The lowest BCUT2D eigenvalue weighted by Gasteiger charge is -2.23. The molecular formula is C25H26N2O5. The number of methoxy groups -OCH3 is 2. The van der Waals surface area contributed by atoms with Crippen LogP contribution in [0.4, 0.5) is 5.69 Å². The van der Waals surface area contributed by atoms with Crippen LogP contribution in [-0.4, -0.2) is 50.8 Å². The van der Waals surface area contributed by atoms with Crippen LogP contribution in [0.1, 0.15) is 5.56 Å². The Hall–Kier alpha value is -3.32. The number of nitrogens with one attached hydrogen (secondary N) is 1. The fourth-order valence-electron chi connectivity index (χ4n) is 5.02. The quantitative estimate of drug-likeness (QED) is 0.677. The molecule has 2 fully saturated rings. The molecule has 166 valence electrons. The highest BCUT2D eigenvalue weighted by Crippen LogP contribution is 2.52. The van der Waals surface area contributed by atoms with Gasteiger partial charge >= 0.3 is 0 Å². The number of benzene rings is 2. The van der Waals surface area contributed by atoms with Gasteiger partial charge in [0.05, 0.1) is 38.7 Å². The van der Waals surface area contributed by atoms with E-state index in [9.17, 15) is 9.59 Å². The van der Waals surface area contributed by atoms with E-state index < -0.39 is 17.4 Å². The number of fused-ring (bicyclic) bond motifs is 1. The maximum atomic E-state index is 13.4. The van der Waals surface area contributed by atoms with Crippen LogP contribution in [-0.2, 0) is 20.7 Å². The van der Waals surface area contributed by atoms with Crippen LogP contribution in [0.15, 0.2) is 60.7 Å². The normalized spacial score (nSPS) is 27.5. The van der Waals surface area contributed by atoms with Crippen LogP contribution >= 0.6 is 0 Å². The molecule has 0 radical (unpaired) electrons. The Kier molecular flexibility index (Phi) is 5.13. The second-order valence-electron chi connectivity index (χ2n) is 8.41. The van der Waals surface area contributed by atoms with E-state index in [0.717, 1.165) is 22.7 Å². The van der Waals surface area contributed by atoms with Crippen molar-refractivity contribution in [3.05, 3.63) is 66.2 Å². The van der Waals surface area contributed by atoms with Crippen LogP contribution in [0, 0.1) is 11.8 Å². The molecule has 1 N–H and O–H groups in total. The van der Waals surface area contributed by atoms with Gasteiger partial charge in [0.25, 0.3) is 0 Å². The van der Waals surface area contributed by atoms with E-state index >= 15 is 0 Å². The highest BCUT2D eigenvalue weighted by atomic mass is 16.5. The van der Waals surface area contributed by atoms with E-state index in [1.165, 1.54) is 0 Å². The zero-order chi connectivity index (χ0) is 22.3. The summed E-state index contributed by atoms with van der Waals surface area (Å²) in [7, 11) is 3.24. The van der Waals surface area contributed by atoms with Gasteiger partial charge in [-0.15, -0.1) is 0 Å². The summed E-state index contributed by atoms with van der Waals surface area (Å²) in [6.45, 7) is 0.902. The number of amides is 2. The monoisotopic (exact) mass is 434 g/mol. The first kappa shape index (κ1) is 20.6. The zero-order valence-electron chi connectivity index (χ0n) is 18.1. The summed E-state index contributed by atoms with van der Waals surface area (Å²) in [5.74, 6) is 0.286. The number of carbonyl (C=O) groups is 2. The van der Waals surface area contributed by atoms with Gasteiger partial charge in [0.2, 0.25) is 11.8 Å². The molecule has 2 amide bonds. The molecule has 2 aromatic carbocycles. The number of hydrogen-bond acceptors (Lipinski definition) is 5. The number of hydrogen-bond donors (Lipinski definition) is 1. The van der Waals surface area contributed by atoms with Crippen molar-refractivity contribution in [3.8, 4) is 11.5 Å². The number of rotatable bonds is 7. The molecule has 5 rings (SSSR count). The van der Waals surface area contributed by atoms with Crippen LogP contribution in [0.2, 0.25) is 0 Å². The second kappa shape index (κ2) is 7.98. The van der Waals surface area contributed by atoms with Gasteiger partial charge in [0.1, 0.15) is 17.1 Å². The SMILES string of the molecule is COc1ccc(CCNC(=O)C2C3C=C[C@@]4(CN(c5ccc(OC)cc5)C(=O)C24)O3)cc1. The first-order valence-electron chi connectivity index (χ1n) is 10.8. The summed E-state index contributed by atoms with van der Waals surface area (Å²) in [6, 6.07) is 15.1. The Labute approximate surface area is 186 Å². The van der Waals surface area contributed by atoms with Gasteiger partial charge in [0, 0.05) is 12.2 Å². The van der Waals surface area contributed by atoms with Gasteiger partial charge in [-0.1, -0.05) is 24.3 Å². The van der Waals surface area contributed by atoms with Crippen molar-refractivity contribution in [2.75, 3.05) is 32.2 Å². The third kappa shape index (κ3) is 3.33. The molecule has 3 aliphatic rings. The fraction of sp³-hybridized carbons (Fsp3) is 0.360. The summed E-state index contributed by atoms with van der Waals surface area (Å²) >= 11 is 0. The van der Waals surface area contributed by atoms with E-state index in [1.54, 1.807) is 19.1 Å². The van der Waals surface area contributed by atoms with Crippen molar-refractivity contribution < 1.29 is 23.8 Å². The molecule has 3 heterocycles. The number of anilines is 1. The molecular weight excluding hydrogens is 408 g/mol. The van der Waals surface area contributed by atoms with Crippen molar-refractivity contribution in [3.63, 3.8) is 0 Å². The summed E-state index contributed by atoms with van der Waals surface area (Å²) in [5.41, 5.74) is 1.15. The molecule has 2 saturated heterocycles. The average molecular weight is 434 g/mol. The molecule has 2 bridgehead atoms. The molecule has 2 aromatic rings. The first-order chi connectivity index (χ1) is 15.5. The summed E-state index contributed by atoms with van der Waals surface area (Å²) in [6.07, 6.45) is 4.23. The molecule has 32 heavy (non-hydrogen) atoms. The molecule has 3 aliphatic heterocycles. The summed E-state index contributed by atoms with van der Waals surface area (Å²) in [4.78, 5) is 28.2. The predicted molar refractivity (Wildman–Crippen MR) is 119 cm³/mol. The zero-order valence-corrected chi connectivity index (χ0v) is 18.1. The number of carbonyl (C=O) groups excluding carboxylic acids is 2. The molecule has 7 nitrogen and oxygen atoms in total. The maximum absolute atomic E-state index is 13.4. The topological polar surface area (TPSA) is 77.1 Å². The lowest BCUT2D eigenvalue weighted by Crippen LogP contribution is -2.44. The van der Waals surface area contributed by atoms with Gasteiger partial charge in [-0.25, -0.2) is 0 Å². The Balaban J connectivity index is 1.27. The third-order valence-corrected chi connectivity index (χ3v) is 6.66. The highest BCUT2D eigenvalue weighted by Gasteiger charge is 2.67. The minimum atomic E-state index is -0.736. The van der Waals surface area contributed by atoms with Gasteiger partial charge in [0.15, 0.2) is 0 Å². The average Bonchev–Trinajstić information content (AvgIpc) is 3.48.